The van der Waals surface area contributed by atoms with Crippen molar-refractivity contribution in [3.05, 3.63) is 0 Å². The van der Waals surface area contributed by atoms with Crippen LogP contribution in [0.15, 0.2) is 0 Å². The second kappa shape index (κ2) is 7.39. The summed E-state index contributed by atoms with van der Waals surface area (Å²) < 4.78 is 0.118. The van der Waals surface area contributed by atoms with Crippen molar-refractivity contribution in [3.63, 3.8) is 0 Å². The zero-order valence-electron chi connectivity index (χ0n) is 11.9. The van der Waals surface area contributed by atoms with Gasteiger partial charge in [-0.1, -0.05) is 40.0 Å². The first kappa shape index (κ1) is 15.8. The molecule has 18 heavy (non-hydrogen) atoms. The number of hydrogen-bond acceptors (Lipinski definition) is 3. The Morgan fingerprint density at radius 3 is 2.39 bits per heavy atom. The zero-order valence-corrected chi connectivity index (χ0v) is 12.8. The van der Waals surface area contributed by atoms with Crippen molar-refractivity contribution in [1.82, 2.24) is 4.90 Å². The average molecular weight is 273 g/mol. The summed E-state index contributed by atoms with van der Waals surface area (Å²) >= 11 is 1.69. The van der Waals surface area contributed by atoms with Crippen LogP contribution in [0.4, 0.5) is 0 Å². The maximum absolute atomic E-state index is 12.3. The highest BCUT2D eigenvalue weighted by Crippen LogP contribution is 2.26. The minimum Gasteiger partial charge on any atom is -0.395 e. The number of amides is 1. The number of rotatable bonds is 5. The van der Waals surface area contributed by atoms with Crippen LogP contribution in [-0.4, -0.2) is 45.6 Å². The van der Waals surface area contributed by atoms with Gasteiger partial charge in [0.1, 0.15) is 0 Å². The number of nitrogens with zero attached hydrogens (tertiary/aromatic N) is 1. The van der Waals surface area contributed by atoms with Gasteiger partial charge in [0.05, 0.1) is 12.4 Å². The van der Waals surface area contributed by atoms with Crippen LogP contribution in [0.3, 0.4) is 0 Å². The summed E-state index contributed by atoms with van der Waals surface area (Å²) in [5.41, 5.74) is 0. The van der Waals surface area contributed by atoms with Gasteiger partial charge in [0.15, 0.2) is 0 Å². The molecule has 1 fully saturated rings. The van der Waals surface area contributed by atoms with Gasteiger partial charge < -0.3 is 10.0 Å². The smallest absolute Gasteiger partial charge is 0.232 e. The summed E-state index contributed by atoms with van der Waals surface area (Å²) in [5, 5.41) is 9.14. The van der Waals surface area contributed by atoms with Crippen molar-refractivity contribution in [3.8, 4) is 0 Å². The third kappa shape index (κ3) is 5.61. The second-order valence-corrected chi connectivity index (χ2v) is 7.81. The standard InChI is InChI=1S/C14H27NO2S/c1-14(2,3)18-11-13(17)15(9-10-16)12-7-5-4-6-8-12/h12,16H,4-11H2,1-3H3. The molecule has 1 saturated carbocycles. The monoisotopic (exact) mass is 273 g/mol. The van der Waals surface area contributed by atoms with Gasteiger partial charge >= 0.3 is 0 Å². The molecule has 0 heterocycles. The Kier molecular flexibility index (Phi) is 6.50. The molecule has 4 heteroatoms. The van der Waals surface area contributed by atoms with Gasteiger partial charge in [-0.05, 0) is 12.8 Å². The molecule has 0 aromatic heterocycles. The molecule has 3 nitrogen and oxygen atoms in total. The lowest BCUT2D eigenvalue weighted by atomic mass is 9.94. The van der Waals surface area contributed by atoms with E-state index >= 15 is 0 Å². The molecule has 1 aliphatic carbocycles. The van der Waals surface area contributed by atoms with E-state index in [1.807, 2.05) is 4.90 Å². The van der Waals surface area contributed by atoms with Gasteiger partial charge in [-0.2, -0.15) is 0 Å². The molecular formula is C14H27NO2S. The molecule has 0 atom stereocenters. The van der Waals surface area contributed by atoms with E-state index in [1.54, 1.807) is 11.8 Å². The van der Waals surface area contributed by atoms with E-state index in [-0.39, 0.29) is 17.3 Å². The van der Waals surface area contributed by atoms with Crippen LogP contribution < -0.4 is 0 Å². The fourth-order valence-electron chi connectivity index (χ4n) is 2.37. The summed E-state index contributed by atoms with van der Waals surface area (Å²) in [6, 6.07) is 0.360. The highest BCUT2D eigenvalue weighted by Gasteiger charge is 2.25. The van der Waals surface area contributed by atoms with Crippen LogP contribution in [-0.2, 0) is 4.79 Å². The first-order chi connectivity index (χ1) is 8.44. The minimum absolute atomic E-state index is 0.0718. The number of aliphatic hydroxyl groups is 1. The molecular weight excluding hydrogens is 246 g/mol. The Balaban J connectivity index is 2.51. The van der Waals surface area contributed by atoms with Crippen LogP contribution in [0.25, 0.3) is 0 Å². The summed E-state index contributed by atoms with van der Waals surface area (Å²) in [5.74, 6) is 0.718. The van der Waals surface area contributed by atoms with Crippen molar-refractivity contribution in [2.75, 3.05) is 18.9 Å². The summed E-state index contributed by atoms with van der Waals surface area (Å²) in [6.45, 7) is 6.95. The van der Waals surface area contributed by atoms with Gasteiger partial charge in [0.25, 0.3) is 0 Å². The lowest BCUT2D eigenvalue weighted by Crippen LogP contribution is -2.44. The minimum atomic E-state index is 0.0718. The van der Waals surface area contributed by atoms with E-state index in [0.29, 0.717) is 18.3 Å². The second-order valence-electron chi connectivity index (χ2n) is 6.00. The molecule has 0 aliphatic heterocycles. The largest absolute Gasteiger partial charge is 0.395 e. The molecule has 0 saturated heterocycles. The van der Waals surface area contributed by atoms with Crippen molar-refractivity contribution >= 4 is 17.7 Å². The molecule has 1 N–H and O–H groups in total. The van der Waals surface area contributed by atoms with E-state index in [9.17, 15) is 4.79 Å². The van der Waals surface area contributed by atoms with Crippen molar-refractivity contribution < 1.29 is 9.90 Å². The summed E-state index contributed by atoms with van der Waals surface area (Å²) in [4.78, 5) is 14.2. The third-order valence-electron chi connectivity index (χ3n) is 3.31. The van der Waals surface area contributed by atoms with Gasteiger partial charge in [-0.25, -0.2) is 0 Å². The first-order valence-electron chi connectivity index (χ1n) is 6.98. The third-order valence-corrected chi connectivity index (χ3v) is 4.56. The lowest BCUT2D eigenvalue weighted by molar-refractivity contribution is -0.131. The van der Waals surface area contributed by atoms with Crippen LogP contribution in [0, 0.1) is 0 Å². The maximum Gasteiger partial charge on any atom is 0.232 e. The number of thioether (sulfide) groups is 1. The molecule has 0 unspecified atom stereocenters. The van der Waals surface area contributed by atoms with Crippen LogP contribution in [0.1, 0.15) is 52.9 Å². The molecule has 1 amide bonds. The predicted octanol–water partition coefficient (Wildman–Crippen LogP) is 2.67. The molecule has 0 spiro atoms. The molecule has 0 aromatic rings. The number of hydrogen-bond donors (Lipinski definition) is 1. The average Bonchev–Trinajstić information content (AvgIpc) is 2.33. The van der Waals surface area contributed by atoms with E-state index in [0.717, 1.165) is 12.8 Å². The van der Waals surface area contributed by atoms with Crippen molar-refractivity contribution in [2.45, 2.75) is 63.7 Å². The lowest BCUT2D eigenvalue weighted by Gasteiger charge is -2.34. The Bertz CT molecular complexity index is 257. The SMILES string of the molecule is CC(C)(C)SCC(=O)N(CCO)C1CCCCC1. The molecule has 0 aromatic carbocycles. The van der Waals surface area contributed by atoms with E-state index in [1.165, 1.54) is 19.3 Å². The molecule has 0 radical (unpaired) electrons. The highest BCUT2D eigenvalue weighted by molar-refractivity contribution is 8.01. The van der Waals surface area contributed by atoms with Crippen LogP contribution in [0.2, 0.25) is 0 Å². The van der Waals surface area contributed by atoms with Gasteiger partial charge in [0.2, 0.25) is 5.91 Å². The number of aliphatic hydroxyl groups excluding tert-OH is 1. The Morgan fingerprint density at radius 2 is 1.89 bits per heavy atom. The maximum atomic E-state index is 12.3. The van der Waals surface area contributed by atoms with Crippen LogP contribution >= 0.6 is 11.8 Å². The van der Waals surface area contributed by atoms with Gasteiger partial charge in [-0.15, -0.1) is 11.8 Å². The van der Waals surface area contributed by atoms with Crippen molar-refractivity contribution in [2.24, 2.45) is 0 Å². The zero-order chi connectivity index (χ0) is 13.6. The Morgan fingerprint density at radius 1 is 1.28 bits per heavy atom. The first-order valence-corrected chi connectivity index (χ1v) is 7.97. The number of carbonyl (C=O) groups is 1. The topological polar surface area (TPSA) is 40.5 Å². The predicted molar refractivity (Wildman–Crippen MR) is 77.9 cm³/mol. The normalized spacial score (nSPS) is 17.8. The molecule has 106 valence electrons. The van der Waals surface area contributed by atoms with E-state index < -0.39 is 0 Å². The summed E-state index contributed by atoms with van der Waals surface area (Å²) in [6.07, 6.45) is 5.92. The van der Waals surface area contributed by atoms with Crippen molar-refractivity contribution in [1.29, 1.82) is 0 Å². The molecule has 1 rings (SSSR count). The Hall–Kier alpha value is -0.220. The fraction of sp³-hybridized carbons (Fsp3) is 0.929. The van der Waals surface area contributed by atoms with Crippen LogP contribution in [0.5, 0.6) is 0 Å². The van der Waals surface area contributed by atoms with Gasteiger partial charge in [-0.3, -0.25) is 4.79 Å². The van der Waals surface area contributed by atoms with Gasteiger partial charge in [0, 0.05) is 17.3 Å². The Labute approximate surface area is 115 Å². The molecule has 0 bridgehead atoms. The quantitative estimate of drug-likeness (QED) is 0.837. The van der Waals surface area contributed by atoms with E-state index in [2.05, 4.69) is 20.8 Å². The molecule has 1 aliphatic rings. The number of carbonyl (C=O) groups excluding carboxylic acids is 1. The fourth-order valence-corrected chi connectivity index (χ4v) is 3.09. The highest BCUT2D eigenvalue weighted by atomic mass is 32.2. The summed E-state index contributed by atoms with van der Waals surface area (Å²) in [7, 11) is 0. The van der Waals surface area contributed by atoms with E-state index in [4.69, 9.17) is 5.11 Å².